The summed E-state index contributed by atoms with van der Waals surface area (Å²) in [6.07, 6.45) is 0.419. The number of hydrogen-bond acceptors (Lipinski definition) is 3. The van der Waals surface area contributed by atoms with E-state index in [4.69, 9.17) is 4.74 Å². The minimum Gasteiger partial charge on any atom is -0.444 e. The van der Waals surface area contributed by atoms with Crippen molar-refractivity contribution in [2.24, 2.45) is 0 Å². The number of carbonyl (C=O) groups is 2. The molecule has 0 radical (unpaired) electrons. The maximum atomic E-state index is 12.3. The average molecular weight is 356 g/mol. The Bertz CT molecular complexity index is 508. The minimum absolute atomic E-state index is 0.00890. The molecule has 1 aromatic carbocycles. The molecule has 0 fully saturated rings. The first-order valence-electron chi connectivity index (χ1n) is 7.00. The molecule has 0 aliphatic carbocycles. The van der Waals surface area contributed by atoms with Gasteiger partial charge in [0.1, 0.15) is 5.60 Å². The van der Waals surface area contributed by atoms with Crippen molar-refractivity contribution in [3.63, 3.8) is 0 Å². The Hall–Kier alpha value is -1.36. The Morgan fingerprint density at radius 3 is 2.43 bits per heavy atom. The number of amides is 1. The topological polar surface area (TPSA) is 55.4 Å². The molecular weight excluding hydrogens is 334 g/mol. The summed E-state index contributed by atoms with van der Waals surface area (Å²) in [5, 5.41) is 2.75. The number of halogens is 1. The summed E-state index contributed by atoms with van der Waals surface area (Å²) in [4.78, 5) is 24.0. The number of ether oxygens (including phenoxy) is 1. The van der Waals surface area contributed by atoms with Crippen LogP contribution in [0.25, 0.3) is 0 Å². The van der Waals surface area contributed by atoms with Crippen molar-refractivity contribution in [1.82, 2.24) is 5.32 Å². The number of ketones is 1. The van der Waals surface area contributed by atoms with Crippen LogP contribution in [-0.4, -0.2) is 23.5 Å². The Morgan fingerprint density at radius 1 is 1.29 bits per heavy atom. The number of carbonyl (C=O) groups excluding carboxylic acids is 2. The molecule has 1 unspecified atom stereocenters. The van der Waals surface area contributed by atoms with Crippen LogP contribution >= 0.6 is 15.9 Å². The van der Waals surface area contributed by atoms with Gasteiger partial charge in [0.15, 0.2) is 5.78 Å². The van der Waals surface area contributed by atoms with Gasteiger partial charge in [0.25, 0.3) is 0 Å². The number of alkyl carbamates (subject to hydrolysis) is 1. The van der Waals surface area contributed by atoms with Gasteiger partial charge in [-0.15, -0.1) is 0 Å². The van der Waals surface area contributed by atoms with Crippen molar-refractivity contribution < 1.29 is 14.3 Å². The lowest BCUT2D eigenvalue weighted by atomic mass is 10.0. The highest BCUT2D eigenvalue weighted by Gasteiger charge is 2.21. The molecule has 0 aliphatic heterocycles. The van der Waals surface area contributed by atoms with Crippen LogP contribution in [0.3, 0.4) is 0 Å². The molecule has 1 amide bonds. The SMILES string of the molecule is CCC(CC(=O)c1ccccc1Br)NC(=O)OC(C)(C)C. The summed E-state index contributed by atoms with van der Waals surface area (Å²) in [6, 6.07) is 7.04. The lowest BCUT2D eigenvalue weighted by molar-refractivity contribution is 0.0500. The van der Waals surface area contributed by atoms with Crippen LogP contribution < -0.4 is 5.32 Å². The van der Waals surface area contributed by atoms with Crippen LogP contribution in [0.1, 0.15) is 50.9 Å². The predicted molar refractivity (Wildman–Crippen MR) is 86.5 cm³/mol. The number of rotatable bonds is 5. The highest BCUT2D eigenvalue weighted by molar-refractivity contribution is 9.10. The third-order valence-electron chi connectivity index (χ3n) is 2.82. The van der Waals surface area contributed by atoms with Crippen LogP contribution in [0, 0.1) is 0 Å². The van der Waals surface area contributed by atoms with E-state index in [9.17, 15) is 9.59 Å². The standard InChI is InChI=1S/C16H22BrNO3/c1-5-11(18-15(20)21-16(2,3)4)10-14(19)12-8-6-7-9-13(12)17/h6-9,11H,5,10H2,1-4H3,(H,18,20). The molecule has 1 aromatic rings. The molecule has 1 rings (SSSR count). The van der Waals surface area contributed by atoms with Crippen LogP contribution in [0.5, 0.6) is 0 Å². The van der Waals surface area contributed by atoms with Gasteiger partial charge in [-0.2, -0.15) is 0 Å². The van der Waals surface area contributed by atoms with Gasteiger partial charge >= 0.3 is 6.09 Å². The molecule has 4 nitrogen and oxygen atoms in total. The molecule has 0 spiro atoms. The molecule has 5 heteroatoms. The largest absolute Gasteiger partial charge is 0.444 e. The molecule has 0 saturated carbocycles. The van der Waals surface area contributed by atoms with E-state index in [2.05, 4.69) is 21.2 Å². The zero-order valence-electron chi connectivity index (χ0n) is 12.9. The number of nitrogens with one attached hydrogen (secondary N) is 1. The normalized spacial score (nSPS) is 12.6. The van der Waals surface area contributed by atoms with Crippen molar-refractivity contribution in [3.05, 3.63) is 34.3 Å². The third kappa shape index (κ3) is 6.29. The van der Waals surface area contributed by atoms with Crippen molar-refractivity contribution in [1.29, 1.82) is 0 Å². The maximum Gasteiger partial charge on any atom is 0.407 e. The van der Waals surface area contributed by atoms with E-state index in [1.54, 1.807) is 26.8 Å². The van der Waals surface area contributed by atoms with Gasteiger partial charge in [-0.05, 0) is 33.3 Å². The molecule has 0 bridgehead atoms. The Labute approximate surface area is 134 Å². The van der Waals surface area contributed by atoms with Gasteiger partial charge in [-0.1, -0.05) is 41.1 Å². The second-order valence-corrected chi connectivity index (χ2v) is 6.71. The minimum atomic E-state index is -0.547. The lowest BCUT2D eigenvalue weighted by Crippen LogP contribution is -2.39. The fourth-order valence-electron chi connectivity index (χ4n) is 1.79. The molecular formula is C16H22BrNO3. The van der Waals surface area contributed by atoms with Crippen molar-refractivity contribution >= 4 is 27.8 Å². The Balaban J connectivity index is 2.64. The molecule has 116 valence electrons. The highest BCUT2D eigenvalue weighted by atomic mass is 79.9. The van der Waals surface area contributed by atoms with Gasteiger partial charge in [-0.3, -0.25) is 4.79 Å². The summed E-state index contributed by atoms with van der Waals surface area (Å²) >= 11 is 3.37. The quantitative estimate of drug-likeness (QED) is 0.799. The molecule has 21 heavy (non-hydrogen) atoms. The van der Waals surface area contributed by atoms with E-state index < -0.39 is 11.7 Å². The van der Waals surface area contributed by atoms with Gasteiger partial charge in [0.05, 0.1) is 0 Å². The number of hydrogen-bond donors (Lipinski definition) is 1. The van der Waals surface area contributed by atoms with Crippen LogP contribution in [0.2, 0.25) is 0 Å². The van der Waals surface area contributed by atoms with E-state index in [0.29, 0.717) is 12.0 Å². The van der Waals surface area contributed by atoms with E-state index in [1.807, 2.05) is 25.1 Å². The Morgan fingerprint density at radius 2 is 1.90 bits per heavy atom. The number of Topliss-reactive ketones (excluding diaryl/α,β-unsaturated/α-hetero) is 1. The summed E-state index contributed by atoms with van der Waals surface area (Å²) in [6.45, 7) is 7.34. The van der Waals surface area contributed by atoms with Gasteiger partial charge < -0.3 is 10.1 Å². The van der Waals surface area contributed by atoms with Crippen LogP contribution in [0.15, 0.2) is 28.7 Å². The number of benzene rings is 1. The van der Waals surface area contributed by atoms with E-state index >= 15 is 0 Å². The zero-order valence-corrected chi connectivity index (χ0v) is 14.5. The summed E-state index contributed by atoms with van der Waals surface area (Å²) < 4.78 is 5.98. The first-order chi connectivity index (χ1) is 9.73. The van der Waals surface area contributed by atoms with Gasteiger partial charge in [0.2, 0.25) is 0 Å². The second kappa shape index (κ2) is 7.59. The summed E-state index contributed by atoms with van der Waals surface area (Å²) in [5.41, 5.74) is 0.0800. The second-order valence-electron chi connectivity index (χ2n) is 5.86. The van der Waals surface area contributed by atoms with Gasteiger partial charge in [0, 0.05) is 22.5 Å². The van der Waals surface area contributed by atoms with Gasteiger partial charge in [-0.25, -0.2) is 4.79 Å². The summed E-state index contributed by atoms with van der Waals surface area (Å²) in [7, 11) is 0. The van der Waals surface area contributed by atoms with E-state index in [1.165, 1.54) is 0 Å². The fourth-order valence-corrected chi connectivity index (χ4v) is 2.30. The lowest BCUT2D eigenvalue weighted by Gasteiger charge is -2.22. The zero-order chi connectivity index (χ0) is 16.0. The fraction of sp³-hybridized carbons (Fsp3) is 0.500. The molecule has 1 atom stereocenters. The third-order valence-corrected chi connectivity index (χ3v) is 3.51. The molecule has 1 N–H and O–H groups in total. The molecule has 0 heterocycles. The monoisotopic (exact) mass is 355 g/mol. The predicted octanol–water partition coefficient (Wildman–Crippen LogP) is 4.33. The smallest absolute Gasteiger partial charge is 0.407 e. The average Bonchev–Trinajstić information content (AvgIpc) is 2.36. The van der Waals surface area contributed by atoms with Crippen LogP contribution in [-0.2, 0) is 4.74 Å². The first-order valence-corrected chi connectivity index (χ1v) is 7.79. The van der Waals surface area contributed by atoms with Crippen LogP contribution in [0.4, 0.5) is 4.79 Å². The van der Waals surface area contributed by atoms with E-state index in [-0.39, 0.29) is 18.2 Å². The van der Waals surface area contributed by atoms with Crippen molar-refractivity contribution in [2.45, 2.75) is 52.2 Å². The molecule has 0 aromatic heterocycles. The summed E-state index contributed by atoms with van der Waals surface area (Å²) in [5.74, 6) is -0.00890. The Kier molecular flexibility index (Phi) is 6.40. The molecule has 0 aliphatic rings. The molecule has 0 saturated heterocycles. The van der Waals surface area contributed by atoms with E-state index in [0.717, 1.165) is 4.47 Å². The van der Waals surface area contributed by atoms with Crippen molar-refractivity contribution in [2.75, 3.05) is 0 Å². The highest BCUT2D eigenvalue weighted by Crippen LogP contribution is 2.19. The van der Waals surface area contributed by atoms with Crippen molar-refractivity contribution in [3.8, 4) is 0 Å². The first kappa shape index (κ1) is 17.7. The maximum absolute atomic E-state index is 12.3.